The third-order valence-corrected chi connectivity index (χ3v) is 9.87. The Morgan fingerprint density at radius 2 is 1.66 bits per heavy atom. The topological polar surface area (TPSA) is 78.0 Å². The number of nitrogens with zero attached hydrogens (tertiary/aromatic N) is 3. The fourth-order valence-corrected chi connectivity index (χ4v) is 7.21. The van der Waals surface area contributed by atoms with Crippen LogP contribution in [0.15, 0.2) is 29.2 Å². The first-order valence-electron chi connectivity index (χ1n) is 10.6. The van der Waals surface area contributed by atoms with E-state index in [1.807, 2.05) is 19.1 Å². The van der Waals surface area contributed by atoms with Gasteiger partial charge in [0.1, 0.15) is 0 Å². The summed E-state index contributed by atoms with van der Waals surface area (Å²) in [6, 6.07) is 6.76. The van der Waals surface area contributed by atoms with Crippen LogP contribution in [-0.4, -0.2) is 81.4 Å². The first kappa shape index (κ1) is 22.7. The zero-order chi connectivity index (χ0) is 21.1. The molecule has 0 bridgehead atoms. The van der Waals surface area contributed by atoms with E-state index < -0.39 is 20.0 Å². The Labute approximate surface area is 175 Å². The molecule has 7 nitrogen and oxygen atoms in total. The van der Waals surface area contributed by atoms with Gasteiger partial charge < -0.3 is 4.90 Å². The predicted molar refractivity (Wildman–Crippen MR) is 115 cm³/mol. The molecule has 0 radical (unpaired) electrons. The molecule has 2 saturated heterocycles. The van der Waals surface area contributed by atoms with Crippen molar-refractivity contribution in [1.82, 2.24) is 13.5 Å². The van der Waals surface area contributed by atoms with Crippen molar-refractivity contribution in [1.29, 1.82) is 0 Å². The van der Waals surface area contributed by atoms with Crippen LogP contribution in [0.3, 0.4) is 0 Å². The van der Waals surface area contributed by atoms with Crippen LogP contribution in [0.25, 0.3) is 0 Å². The molecule has 1 aromatic carbocycles. The number of rotatable bonds is 9. The largest absolute Gasteiger partial charge is 0.302 e. The normalized spacial score (nSPS) is 20.1. The second kappa shape index (κ2) is 9.43. The van der Waals surface area contributed by atoms with Crippen molar-refractivity contribution < 1.29 is 16.8 Å². The van der Waals surface area contributed by atoms with E-state index >= 15 is 0 Å². The lowest BCUT2D eigenvalue weighted by Gasteiger charge is -2.44. The van der Waals surface area contributed by atoms with Gasteiger partial charge >= 0.3 is 0 Å². The first-order valence-corrected chi connectivity index (χ1v) is 13.6. The molecule has 0 N–H and O–H groups in total. The summed E-state index contributed by atoms with van der Waals surface area (Å²) in [5, 5.41) is 0. The Bertz CT molecular complexity index is 890. The molecular weight excluding hydrogens is 410 g/mol. The summed E-state index contributed by atoms with van der Waals surface area (Å²) in [7, 11) is -6.98. The zero-order valence-corrected chi connectivity index (χ0v) is 19.1. The van der Waals surface area contributed by atoms with Crippen molar-refractivity contribution in [2.45, 2.75) is 50.5 Å². The van der Waals surface area contributed by atoms with Gasteiger partial charge in [-0.25, -0.2) is 16.8 Å². The van der Waals surface area contributed by atoms with Gasteiger partial charge in [-0.05, 0) is 50.9 Å². The van der Waals surface area contributed by atoms with Crippen LogP contribution in [0.1, 0.15) is 38.7 Å². The van der Waals surface area contributed by atoms with Crippen LogP contribution >= 0.6 is 0 Å². The molecular formula is C20H33N3O4S2. The second-order valence-corrected chi connectivity index (χ2v) is 12.0. The molecule has 29 heavy (non-hydrogen) atoms. The van der Waals surface area contributed by atoms with Crippen LogP contribution in [0, 0.1) is 0 Å². The van der Waals surface area contributed by atoms with Crippen molar-refractivity contribution in [2.75, 3.05) is 45.0 Å². The average molecular weight is 444 g/mol. The van der Waals surface area contributed by atoms with Crippen molar-refractivity contribution in [2.24, 2.45) is 0 Å². The molecule has 9 heteroatoms. The molecule has 2 aliphatic heterocycles. The Kier molecular flexibility index (Phi) is 7.37. The molecule has 0 unspecified atom stereocenters. The number of piperidine rings is 1. The minimum absolute atomic E-state index is 0.0366. The molecule has 0 saturated carbocycles. The number of likely N-dealkylation sites (tertiary alicyclic amines) is 1. The molecule has 0 atom stereocenters. The van der Waals surface area contributed by atoms with Gasteiger partial charge in [0.2, 0.25) is 20.0 Å². The highest BCUT2D eigenvalue weighted by Gasteiger charge is 2.43. The molecule has 1 aromatic rings. The van der Waals surface area contributed by atoms with Crippen LogP contribution in [0.5, 0.6) is 0 Å². The van der Waals surface area contributed by atoms with Crippen LogP contribution in [-0.2, 0) is 26.5 Å². The summed E-state index contributed by atoms with van der Waals surface area (Å²) >= 11 is 0. The molecule has 3 rings (SSSR count). The van der Waals surface area contributed by atoms with E-state index in [-0.39, 0.29) is 24.9 Å². The lowest BCUT2D eigenvalue weighted by molar-refractivity contribution is 0.135. The zero-order valence-electron chi connectivity index (χ0n) is 17.5. The van der Waals surface area contributed by atoms with E-state index in [1.165, 1.54) is 10.7 Å². The summed E-state index contributed by atoms with van der Waals surface area (Å²) in [4.78, 5) is 2.64. The van der Waals surface area contributed by atoms with Crippen molar-refractivity contribution in [3.8, 4) is 0 Å². The van der Waals surface area contributed by atoms with E-state index in [0.29, 0.717) is 24.4 Å². The molecule has 2 aliphatic rings. The van der Waals surface area contributed by atoms with Gasteiger partial charge in [-0.3, -0.25) is 0 Å². The van der Waals surface area contributed by atoms with E-state index in [4.69, 9.17) is 0 Å². The number of hydrogen-bond donors (Lipinski definition) is 0. The first-order chi connectivity index (χ1) is 13.8. The highest BCUT2D eigenvalue weighted by Crippen LogP contribution is 2.28. The van der Waals surface area contributed by atoms with Crippen molar-refractivity contribution in [3.63, 3.8) is 0 Å². The second-order valence-electron chi connectivity index (χ2n) is 7.85. The van der Waals surface area contributed by atoms with Crippen molar-refractivity contribution in [3.05, 3.63) is 29.8 Å². The SMILES string of the molecule is CCc1ccccc1S(=O)(=O)N1CC(N(CCN2CCCCC2)S(=O)(=O)CC)C1. The number of sulfonamides is 2. The van der Waals surface area contributed by atoms with E-state index in [0.717, 1.165) is 31.5 Å². The maximum absolute atomic E-state index is 13.0. The van der Waals surface area contributed by atoms with Gasteiger partial charge in [0.15, 0.2) is 0 Å². The van der Waals surface area contributed by atoms with Gasteiger partial charge in [-0.2, -0.15) is 8.61 Å². The summed E-state index contributed by atoms with van der Waals surface area (Å²) in [5.74, 6) is 0.0366. The third kappa shape index (κ3) is 5.02. The van der Waals surface area contributed by atoms with Crippen LogP contribution in [0.2, 0.25) is 0 Å². The molecule has 0 aliphatic carbocycles. The standard InChI is InChI=1S/C20H33N3O4S2/c1-3-18-10-6-7-11-20(18)29(26,27)22-16-19(17-22)23(28(24,25)4-2)15-14-21-12-8-5-9-13-21/h6-7,10-11,19H,3-5,8-9,12-17H2,1-2H3. The quantitative estimate of drug-likeness (QED) is 0.581. The van der Waals surface area contributed by atoms with Gasteiger partial charge in [-0.1, -0.05) is 31.5 Å². The Hall–Kier alpha value is -1.00. The summed E-state index contributed by atoms with van der Waals surface area (Å²) in [6.07, 6.45) is 4.20. The Morgan fingerprint density at radius 3 is 2.28 bits per heavy atom. The van der Waals surface area contributed by atoms with Gasteiger partial charge in [0.25, 0.3) is 0 Å². The number of aryl methyl sites for hydroxylation is 1. The fraction of sp³-hybridized carbons (Fsp3) is 0.700. The van der Waals surface area contributed by atoms with E-state index in [1.54, 1.807) is 23.4 Å². The van der Waals surface area contributed by atoms with E-state index in [9.17, 15) is 16.8 Å². The molecule has 0 spiro atoms. The summed E-state index contributed by atoms with van der Waals surface area (Å²) in [6.45, 7) is 7.19. The van der Waals surface area contributed by atoms with E-state index in [2.05, 4.69) is 4.90 Å². The molecule has 164 valence electrons. The van der Waals surface area contributed by atoms with Crippen LogP contribution in [0.4, 0.5) is 0 Å². The summed E-state index contributed by atoms with van der Waals surface area (Å²) < 4.78 is 54.4. The maximum atomic E-state index is 13.0. The predicted octanol–water partition coefficient (Wildman–Crippen LogP) is 1.76. The van der Waals surface area contributed by atoms with Gasteiger partial charge in [0, 0.05) is 26.2 Å². The van der Waals surface area contributed by atoms with Crippen molar-refractivity contribution >= 4 is 20.0 Å². The fourth-order valence-electron chi connectivity index (χ4n) is 4.12. The molecule has 0 aromatic heterocycles. The molecule has 2 fully saturated rings. The number of hydrogen-bond acceptors (Lipinski definition) is 5. The highest BCUT2D eigenvalue weighted by atomic mass is 32.2. The maximum Gasteiger partial charge on any atom is 0.243 e. The Balaban J connectivity index is 1.69. The average Bonchev–Trinajstić information content (AvgIpc) is 2.69. The van der Waals surface area contributed by atoms with Gasteiger partial charge in [0.05, 0.1) is 16.7 Å². The Morgan fingerprint density at radius 1 is 1.00 bits per heavy atom. The minimum atomic E-state index is -3.60. The lowest BCUT2D eigenvalue weighted by Crippen LogP contribution is -2.63. The third-order valence-electron chi connectivity index (χ3n) is 6.01. The van der Waals surface area contributed by atoms with Crippen LogP contribution < -0.4 is 0 Å². The lowest BCUT2D eigenvalue weighted by atomic mass is 10.1. The minimum Gasteiger partial charge on any atom is -0.302 e. The highest BCUT2D eigenvalue weighted by molar-refractivity contribution is 7.89. The molecule has 0 amide bonds. The smallest absolute Gasteiger partial charge is 0.243 e. The molecule has 2 heterocycles. The summed E-state index contributed by atoms with van der Waals surface area (Å²) in [5.41, 5.74) is 0.791. The van der Waals surface area contributed by atoms with Gasteiger partial charge in [-0.15, -0.1) is 0 Å². The number of benzene rings is 1. The monoisotopic (exact) mass is 443 g/mol.